The van der Waals surface area contributed by atoms with E-state index < -0.39 is 0 Å². The molecule has 0 aliphatic heterocycles. The number of hydrogen-bond donors (Lipinski definition) is 2. The van der Waals surface area contributed by atoms with Gasteiger partial charge in [0, 0.05) is 29.2 Å². The number of rotatable bonds is 6. The number of aromatic nitrogens is 5. The number of anilines is 1. The molecule has 5 aromatic rings. The van der Waals surface area contributed by atoms with E-state index in [9.17, 15) is 4.79 Å². The molecule has 8 heteroatoms. The summed E-state index contributed by atoms with van der Waals surface area (Å²) >= 11 is 0. The standard InChI is InChI=1S/C24H18N6O2/c31-24(21-14-20(28-29-21)16-7-2-1-3-8-16)26-19-11-5-4-9-17(19)13-22-27-23(30-32-22)18-10-6-12-25-15-18/h1-12,14-15H,13H2,(H,26,31)(H,28,29). The van der Waals surface area contributed by atoms with Crippen LogP contribution in [0.25, 0.3) is 22.6 Å². The highest BCUT2D eigenvalue weighted by molar-refractivity contribution is 6.03. The number of nitrogens with one attached hydrogen (secondary N) is 2. The highest BCUT2D eigenvalue weighted by atomic mass is 16.5. The van der Waals surface area contributed by atoms with E-state index in [0.29, 0.717) is 35.2 Å². The van der Waals surface area contributed by atoms with Crippen molar-refractivity contribution in [2.24, 2.45) is 0 Å². The second-order valence-corrected chi connectivity index (χ2v) is 7.07. The number of amides is 1. The Morgan fingerprint density at radius 3 is 2.62 bits per heavy atom. The molecule has 0 spiro atoms. The normalized spacial score (nSPS) is 10.8. The highest BCUT2D eigenvalue weighted by Gasteiger charge is 2.15. The molecule has 0 aliphatic rings. The van der Waals surface area contributed by atoms with Gasteiger partial charge in [0.05, 0.1) is 12.1 Å². The van der Waals surface area contributed by atoms with E-state index in [-0.39, 0.29) is 5.91 Å². The summed E-state index contributed by atoms with van der Waals surface area (Å²) in [6, 6.07) is 22.6. The maximum atomic E-state index is 12.8. The first kappa shape index (κ1) is 19.4. The van der Waals surface area contributed by atoms with E-state index in [2.05, 4.69) is 30.6 Å². The molecule has 0 radical (unpaired) electrons. The van der Waals surface area contributed by atoms with Crippen LogP contribution in [0.2, 0.25) is 0 Å². The predicted molar refractivity (Wildman–Crippen MR) is 119 cm³/mol. The number of nitrogens with zero attached hydrogens (tertiary/aromatic N) is 4. The first-order valence-corrected chi connectivity index (χ1v) is 9.99. The summed E-state index contributed by atoms with van der Waals surface area (Å²) in [5.41, 5.74) is 4.30. The summed E-state index contributed by atoms with van der Waals surface area (Å²) in [7, 11) is 0. The van der Waals surface area contributed by atoms with Gasteiger partial charge in [-0.25, -0.2) is 0 Å². The Kier molecular flexibility index (Phi) is 5.24. The molecule has 3 heterocycles. The summed E-state index contributed by atoms with van der Waals surface area (Å²) < 4.78 is 5.40. The van der Waals surface area contributed by atoms with Gasteiger partial charge in [0.1, 0.15) is 5.69 Å². The first-order valence-electron chi connectivity index (χ1n) is 9.99. The fourth-order valence-electron chi connectivity index (χ4n) is 3.28. The van der Waals surface area contributed by atoms with Crippen LogP contribution in [0.15, 0.2) is 89.7 Å². The van der Waals surface area contributed by atoms with Crippen LogP contribution in [0.1, 0.15) is 21.9 Å². The molecular formula is C24H18N6O2. The van der Waals surface area contributed by atoms with Crippen LogP contribution in [-0.2, 0) is 6.42 Å². The van der Waals surface area contributed by atoms with E-state index in [1.54, 1.807) is 18.5 Å². The third-order valence-electron chi connectivity index (χ3n) is 4.89. The van der Waals surface area contributed by atoms with Gasteiger partial charge in [0.25, 0.3) is 5.91 Å². The van der Waals surface area contributed by atoms with Crippen LogP contribution in [0.3, 0.4) is 0 Å². The van der Waals surface area contributed by atoms with Crippen molar-refractivity contribution < 1.29 is 9.32 Å². The van der Waals surface area contributed by atoms with Crippen molar-refractivity contribution in [3.63, 3.8) is 0 Å². The molecular weight excluding hydrogens is 404 g/mol. The van der Waals surface area contributed by atoms with Crippen molar-refractivity contribution in [2.75, 3.05) is 5.32 Å². The maximum absolute atomic E-state index is 12.8. The maximum Gasteiger partial charge on any atom is 0.273 e. The van der Waals surface area contributed by atoms with Gasteiger partial charge in [-0.1, -0.05) is 53.7 Å². The lowest BCUT2D eigenvalue weighted by molar-refractivity contribution is 0.102. The Morgan fingerprint density at radius 2 is 1.78 bits per heavy atom. The minimum absolute atomic E-state index is 0.284. The molecule has 0 saturated carbocycles. The number of H-pyrrole nitrogens is 1. The first-order chi connectivity index (χ1) is 15.8. The Morgan fingerprint density at radius 1 is 0.969 bits per heavy atom. The topological polar surface area (TPSA) is 110 Å². The van der Waals surface area contributed by atoms with Crippen molar-refractivity contribution >= 4 is 11.6 Å². The average molecular weight is 422 g/mol. The number of para-hydroxylation sites is 1. The summed E-state index contributed by atoms with van der Waals surface area (Å²) in [6.45, 7) is 0. The molecule has 0 bridgehead atoms. The Labute approximate surface area is 183 Å². The zero-order chi connectivity index (χ0) is 21.8. The Hall–Kier alpha value is -4.59. The van der Waals surface area contributed by atoms with Crippen molar-refractivity contribution in [1.82, 2.24) is 25.3 Å². The summed E-state index contributed by atoms with van der Waals surface area (Å²) in [5.74, 6) is 0.632. The Bertz CT molecular complexity index is 1350. The number of aromatic amines is 1. The van der Waals surface area contributed by atoms with Crippen molar-refractivity contribution in [2.45, 2.75) is 6.42 Å². The van der Waals surface area contributed by atoms with E-state index in [0.717, 1.165) is 16.7 Å². The number of hydrogen-bond acceptors (Lipinski definition) is 6. The quantitative estimate of drug-likeness (QED) is 0.421. The largest absolute Gasteiger partial charge is 0.339 e. The molecule has 0 atom stereocenters. The van der Waals surface area contributed by atoms with Gasteiger partial charge >= 0.3 is 0 Å². The second-order valence-electron chi connectivity index (χ2n) is 7.07. The Balaban J connectivity index is 1.33. The number of carbonyl (C=O) groups excluding carboxylic acids is 1. The van der Waals surface area contributed by atoms with Gasteiger partial charge in [0.15, 0.2) is 0 Å². The van der Waals surface area contributed by atoms with Crippen LogP contribution in [0.5, 0.6) is 0 Å². The molecule has 2 aromatic carbocycles. The van der Waals surface area contributed by atoms with Crippen molar-refractivity contribution in [3.8, 4) is 22.6 Å². The number of carbonyl (C=O) groups is 1. The van der Waals surface area contributed by atoms with Crippen LogP contribution < -0.4 is 5.32 Å². The van der Waals surface area contributed by atoms with Gasteiger partial charge in [-0.3, -0.25) is 14.9 Å². The van der Waals surface area contributed by atoms with E-state index in [4.69, 9.17) is 4.52 Å². The van der Waals surface area contributed by atoms with Gasteiger partial charge in [0.2, 0.25) is 11.7 Å². The van der Waals surface area contributed by atoms with Gasteiger partial charge < -0.3 is 9.84 Å². The lowest BCUT2D eigenvalue weighted by Crippen LogP contribution is -2.14. The smallest absolute Gasteiger partial charge is 0.273 e. The zero-order valence-electron chi connectivity index (χ0n) is 16.9. The van der Waals surface area contributed by atoms with Crippen LogP contribution in [0, 0.1) is 0 Å². The lowest BCUT2D eigenvalue weighted by Gasteiger charge is -2.08. The summed E-state index contributed by atoms with van der Waals surface area (Å²) in [6.07, 6.45) is 3.74. The van der Waals surface area contributed by atoms with Crippen LogP contribution in [0.4, 0.5) is 5.69 Å². The van der Waals surface area contributed by atoms with Crippen molar-refractivity contribution in [1.29, 1.82) is 0 Å². The highest BCUT2D eigenvalue weighted by Crippen LogP contribution is 2.22. The molecule has 0 fully saturated rings. The fraction of sp³-hybridized carbons (Fsp3) is 0.0417. The fourth-order valence-corrected chi connectivity index (χ4v) is 3.28. The van der Waals surface area contributed by atoms with E-state index in [1.807, 2.05) is 66.7 Å². The van der Waals surface area contributed by atoms with Crippen LogP contribution >= 0.6 is 0 Å². The minimum Gasteiger partial charge on any atom is -0.339 e. The lowest BCUT2D eigenvalue weighted by atomic mass is 10.1. The van der Waals surface area contributed by atoms with Gasteiger partial charge in [-0.05, 0) is 29.8 Å². The monoisotopic (exact) mass is 422 g/mol. The zero-order valence-corrected chi connectivity index (χ0v) is 16.9. The molecule has 0 unspecified atom stereocenters. The summed E-state index contributed by atoms with van der Waals surface area (Å²) in [4.78, 5) is 21.3. The van der Waals surface area contributed by atoms with Gasteiger partial charge in [-0.15, -0.1) is 0 Å². The minimum atomic E-state index is -0.284. The van der Waals surface area contributed by atoms with Crippen molar-refractivity contribution in [3.05, 3.63) is 102 Å². The number of pyridine rings is 1. The predicted octanol–water partition coefficient (Wildman–Crippen LogP) is 4.36. The number of benzene rings is 2. The average Bonchev–Trinajstić information content (AvgIpc) is 3.52. The molecule has 2 N–H and O–H groups in total. The van der Waals surface area contributed by atoms with Gasteiger partial charge in [-0.2, -0.15) is 10.1 Å². The molecule has 8 nitrogen and oxygen atoms in total. The molecule has 5 rings (SSSR count). The second kappa shape index (κ2) is 8.65. The van der Waals surface area contributed by atoms with Crippen LogP contribution in [-0.4, -0.2) is 31.2 Å². The summed E-state index contributed by atoms with van der Waals surface area (Å²) in [5, 5.41) is 14.0. The van der Waals surface area contributed by atoms with E-state index in [1.165, 1.54) is 0 Å². The third kappa shape index (κ3) is 4.15. The molecule has 1 amide bonds. The molecule has 32 heavy (non-hydrogen) atoms. The molecule has 156 valence electrons. The third-order valence-corrected chi connectivity index (χ3v) is 4.89. The molecule has 3 aromatic heterocycles. The van der Waals surface area contributed by atoms with E-state index >= 15 is 0 Å². The SMILES string of the molecule is O=C(Nc1ccccc1Cc1nc(-c2cccnc2)no1)c1cc(-c2ccccc2)n[nH]1. The molecule has 0 aliphatic carbocycles. The molecule has 0 saturated heterocycles.